The highest BCUT2D eigenvalue weighted by Crippen LogP contribution is 2.24. The van der Waals surface area contributed by atoms with Crippen molar-refractivity contribution in [3.05, 3.63) is 0 Å². The van der Waals surface area contributed by atoms with Gasteiger partial charge in [-0.25, -0.2) is 0 Å². The smallest absolute Gasteiger partial charge is 0.308 e. The second-order valence-corrected chi connectivity index (χ2v) is 3.09. The van der Waals surface area contributed by atoms with Gasteiger partial charge in [-0.15, -0.1) is 0 Å². The van der Waals surface area contributed by atoms with E-state index in [1.54, 1.807) is 0 Å². The summed E-state index contributed by atoms with van der Waals surface area (Å²) in [6.45, 7) is 10.4. The highest BCUT2D eigenvalue weighted by molar-refractivity contribution is 5.72. The van der Waals surface area contributed by atoms with Crippen molar-refractivity contribution in [3.8, 4) is 0 Å². The maximum Gasteiger partial charge on any atom is 0.308 e. The van der Waals surface area contributed by atoms with Gasteiger partial charge in [0.25, 0.3) is 0 Å². The standard InChI is InChI=1S/C9H16O2.2C2H6/c1-2-11-9(10)8-6-4-3-5-7-8;2*1-2/h8H,2-7H2,1H3;2*1-2H3. The lowest BCUT2D eigenvalue weighted by molar-refractivity contribution is -0.149. The van der Waals surface area contributed by atoms with Crippen molar-refractivity contribution < 1.29 is 9.53 Å². The minimum absolute atomic E-state index is 0.0206. The third-order valence-electron chi connectivity index (χ3n) is 2.23. The van der Waals surface area contributed by atoms with E-state index in [2.05, 4.69) is 0 Å². The molecule has 0 aromatic heterocycles. The van der Waals surface area contributed by atoms with Gasteiger partial charge in [-0.3, -0.25) is 4.79 Å². The van der Waals surface area contributed by atoms with E-state index in [1.165, 1.54) is 19.3 Å². The van der Waals surface area contributed by atoms with Gasteiger partial charge in [0, 0.05) is 0 Å². The molecule has 0 atom stereocenters. The van der Waals surface area contributed by atoms with Crippen molar-refractivity contribution in [1.29, 1.82) is 0 Å². The van der Waals surface area contributed by atoms with Gasteiger partial charge >= 0.3 is 5.97 Å². The Morgan fingerprint density at radius 1 is 1.07 bits per heavy atom. The van der Waals surface area contributed by atoms with E-state index in [0.29, 0.717) is 6.61 Å². The zero-order valence-electron chi connectivity index (χ0n) is 11.1. The first-order valence-corrected chi connectivity index (χ1v) is 6.51. The fourth-order valence-electron chi connectivity index (χ4n) is 1.60. The van der Waals surface area contributed by atoms with Crippen LogP contribution in [0.1, 0.15) is 66.7 Å². The highest BCUT2D eigenvalue weighted by Gasteiger charge is 2.21. The molecule has 0 saturated heterocycles. The molecule has 2 nitrogen and oxygen atoms in total. The minimum atomic E-state index is 0.0206. The van der Waals surface area contributed by atoms with E-state index in [-0.39, 0.29) is 11.9 Å². The average molecular weight is 216 g/mol. The average Bonchev–Trinajstić information content (AvgIpc) is 2.36. The molecule has 1 rings (SSSR count). The lowest BCUT2D eigenvalue weighted by Gasteiger charge is -2.19. The van der Waals surface area contributed by atoms with Crippen molar-refractivity contribution >= 4 is 5.97 Å². The number of esters is 1. The summed E-state index contributed by atoms with van der Waals surface area (Å²) in [5, 5.41) is 0. The van der Waals surface area contributed by atoms with E-state index in [9.17, 15) is 4.79 Å². The largest absolute Gasteiger partial charge is 0.466 e. The first-order chi connectivity index (χ1) is 7.34. The van der Waals surface area contributed by atoms with Crippen molar-refractivity contribution in [2.24, 2.45) is 5.92 Å². The Labute approximate surface area is 95.4 Å². The molecule has 0 bridgehead atoms. The van der Waals surface area contributed by atoms with E-state index in [4.69, 9.17) is 4.74 Å². The van der Waals surface area contributed by atoms with Gasteiger partial charge < -0.3 is 4.74 Å². The van der Waals surface area contributed by atoms with Gasteiger partial charge in [-0.1, -0.05) is 47.0 Å². The van der Waals surface area contributed by atoms with Crippen LogP contribution >= 0.6 is 0 Å². The second-order valence-electron chi connectivity index (χ2n) is 3.09. The summed E-state index contributed by atoms with van der Waals surface area (Å²) in [5.74, 6) is 0.232. The predicted octanol–water partition coefficient (Wildman–Crippen LogP) is 4.18. The number of carbonyl (C=O) groups is 1. The summed E-state index contributed by atoms with van der Waals surface area (Å²) < 4.78 is 4.94. The second kappa shape index (κ2) is 13.5. The van der Waals surface area contributed by atoms with Gasteiger partial charge in [0.05, 0.1) is 12.5 Å². The van der Waals surface area contributed by atoms with E-state index in [0.717, 1.165) is 12.8 Å². The predicted molar refractivity (Wildman–Crippen MR) is 65.9 cm³/mol. The van der Waals surface area contributed by atoms with Crippen LogP contribution in [-0.2, 0) is 9.53 Å². The quantitative estimate of drug-likeness (QED) is 0.647. The molecule has 92 valence electrons. The van der Waals surface area contributed by atoms with Crippen LogP contribution in [0, 0.1) is 5.92 Å². The number of hydrogen-bond acceptors (Lipinski definition) is 2. The van der Waals surface area contributed by atoms with Gasteiger partial charge in [-0.2, -0.15) is 0 Å². The molecule has 2 heteroatoms. The number of hydrogen-bond donors (Lipinski definition) is 0. The van der Waals surface area contributed by atoms with Crippen molar-refractivity contribution in [1.82, 2.24) is 0 Å². The van der Waals surface area contributed by atoms with Crippen LogP contribution in [0.3, 0.4) is 0 Å². The third kappa shape index (κ3) is 8.46. The lowest BCUT2D eigenvalue weighted by atomic mass is 9.89. The van der Waals surface area contributed by atoms with Crippen LogP contribution in [0.4, 0.5) is 0 Å². The van der Waals surface area contributed by atoms with Gasteiger partial charge in [-0.05, 0) is 19.8 Å². The summed E-state index contributed by atoms with van der Waals surface area (Å²) in [6, 6.07) is 0. The summed E-state index contributed by atoms with van der Waals surface area (Å²) in [5.41, 5.74) is 0. The topological polar surface area (TPSA) is 26.3 Å². The number of carbonyl (C=O) groups excluding carboxylic acids is 1. The van der Waals surface area contributed by atoms with Gasteiger partial charge in [0.1, 0.15) is 0 Å². The molecule has 0 N–H and O–H groups in total. The van der Waals surface area contributed by atoms with Crippen molar-refractivity contribution in [2.45, 2.75) is 66.7 Å². The molecular formula is C13H28O2. The van der Waals surface area contributed by atoms with Crippen LogP contribution in [0.15, 0.2) is 0 Å². The molecule has 1 aliphatic rings. The Kier molecular flexibility index (Phi) is 15.2. The number of ether oxygens (including phenoxy) is 1. The zero-order valence-corrected chi connectivity index (χ0v) is 11.1. The van der Waals surface area contributed by atoms with Crippen LogP contribution in [0.5, 0.6) is 0 Å². The highest BCUT2D eigenvalue weighted by atomic mass is 16.5. The molecule has 0 heterocycles. The molecule has 0 aromatic carbocycles. The maximum atomic E-state index is 11.2. The van der Waals surface area contributed by atoms with E-state index < -0.39 is 0 Å². The normalized spacial score (nSPS) is 15.3. The molecular weight excluding hydrogens is 188 g/mol. The summed E-state index contributed by atoms with van der Waals surface area (Å²) >= 11 is 0. The monoisotopic (exact) mass is 216 g/mol. The Balaban J connectivity index is 0. The molecule has 0 radical (unpaired) electrons. The molecule has 0 amide bonds. The molecule has 0 spiro atoms. The molecule has 1 aliphatic carbocycles. The maximum absolute atomic E-state index is 11.2. The van der Waals surface area contributed by atoms with Crippen molar-refractivity contribution in [2.75, 3.05) is 6.61 Å². The minimum Gasteiger partial charge on any atom is -0.466 e. The van der Waals surface area contributed by atoms with E-state index in [1.807, 2.05) is 34.6 Å². The van der Waals surface area contributed by atoms with E-state index >= 15 is 0 Å². The Morgan fingerprint density at radius 2 is 1.53 bits per heavy atom. The van der Waals surface area contributed by atoms with Gasteiger partial charge in [0.15, 0.2) is 0 Å². The first kappa shape index (κ1) is 16.9. The Hall–Kier alpha value is -0.530. The third-order valence-corrected chi connectivity index (χ3v) is 2.23. The Morgan fingerprint density at radius 3 is 1.93 bits per heavy atom. The molecule has 1 saturated carbocycles. The molecule has 1 fully saturated rings. The van der Waals surface area contributed by atoms with Crippen LogP contribution < -0.4 is 0 Å². The van der Waals surface area contributed by atoms with Crippen LogP contribution in [0.2, 0.25) is 0 Å². The summed E-state index contributed by atoms with van der Waals surface area (Å²) in [4.78, 5) is 11.2. The fraction of sp³-hybridized carbons (Fsp3) is 0.923. The Bertz CT molecular complexity index is 126. The molecule has 0 unspecified atom stereocenters. The van der Waals surface area contributed by atoms with Crippen molar-refractivity contribution in [3.63, 3.8) is 0 Å². The SMILES string of the molecule is CC.CC.CCOC(=O)C1CCCCC1. The summed E-state index contributed by atoms with van der Waals surface area (Å²) in [7, 11) is 0. The first-order valence-electron chi connectivity index (χ1n) is 6.51. The molecule has 15 heavy (non-hydrogen) atoms. The van der Waals surface area contributed by atoms with Crippen LogP contribution in [0.25, 0.3) is 0 Å². The van der Waals surface area contributed by atoms with Gasteiger partial charge in [0.2, 0.25) is 0 Å². The molecule has 0 aromatic rings. The summed E-state index contributed by atoms with van der Waals surface area (Å²) in [6.07, 6.45) is 5.76. The molecule has 0 aliphatic heterocycles. The number of rotatable bonds is 2. The zero-order chi connectivity index (χ0) is 12.1. The lowest BCUT2D eigenvalue weighted by Crippen LogP contribution is -2.20. The van der Waals surface area contributed by atoms with Crippen LogP contribution in [-0.4, -0.2) is 12.6 Å². The fourth-order valence-corrected chi connectivity index (χ4v) is 1.60.